The number of aliphatic carboxylic acids is 2. The maximum atomic E-state index is 12.7. The van der Waals surface area contributed by atoms with Crippen LogP contribution >= 0.6 is 77.5 Å². The standard InChI is InChI=1S/C28H29BrNO6P.C28H30NO7P.C27H27BrNO6P.C10H13BrNO5P/c1-34-27(31)25(16-18-12-14-19(15-13-18)26(29)37(3,33)35-2)30-28(32)36-17-24-22-10-6-4-8-20(22)21-9-5-7-11-23(21)24;1-34-26(30)25(16-18-12-14-19(15-13-18)27(31)37(3,33)35-2)29-28(32)36-17-24-22-10-6-4-8-20(22)21-9-5-7-11-23(21)24;1-34-36(2,33)25(28)18-13-11-17(12-14-18)15-24(26(30)31)29-27(32)35-16-23-21-9-5-3-7-19(21)20-8-4-6-10-22(20)23;11-9(18(15,16)17)7-3-1-6(2-4-7)5-8(12)10(13)14/h4-15,24-26H,16-17H2,1-3H3,(H,30,32);4-15,24-25,27,31H,16-17H2,1-3H3,(H,29,32);3-14,23-25H,15-16H2,1-2H3,(H,29,32)(H,30,31);1-4,8-9H,5,12H2,(H,13,14)(H2,15,16,17)/t25-,26?,37?;25-,27?,37?;24-,25?,36?;8-,9?/m0000/s1. The number of nitrogens with two attached hydrogens (primary N) is 1. The van der Waals surface area contributed by atoms with Crippen LogP contribution in [0.25, 0.3) is 33.4 Å². The molecule has 3 amide bonds. The number of hydrogen-bond donors (Lipinski definition) is 9. The number of carboxylic acid groups (broad SMARTS) is 2. The number of halogens is 3. The van der Waals surface area contributed by atoms with Crippen molar-refractivity contribution in [3.05, 3.63) is 321 Å². The van der Waals surface area contributed by atoms with E-state index < -0.39 is 116 Å². The molecule has 10 aromatic rings. The second-order valence-corrected chi connectivity index (χ2v) is 45.1. The fraction of sp³-hybridized carbons (Fsp3) is 0.280. The van der Waals surface area contributed by atoms with E-state index >= 15 is 0 Å². The van der Waals surface area contributed by atoms with Gasteiger partial charge in [0.15, 0.2) is 5.85 Å². The van der Waals surface area contributed by atoms with Crippen LogP contribution in [0.1, 0.15) is 115 Å². The van der Waals surface area contributed by atoms with Gasteiger partial charge in [-0.25, -0.2) is 28.8 Å². The fourth-order valence-electron chi connectivity index (χ4n) is 14.8. The average Bonchev–Trinajstić information content (AvgIpc) is 1.62. The van der Waals surface area contributed by atoms with Crippen LogP contribution in [0.3, 0.4) is 0 Å². The summed E-state index contributed by atoms with van der Waals surface area (Å²) in [6, 6.07) is 71.3. The zero-order chi connectivity index (χ0) is 93.0. The topological polar surface area (TPSA) is 425 Å². The lowest BCUT2D eigenvalue weighted by Crippen LogP contribution is -2.43. The number of hydrogen-bond acceptors (Lipinski definition) is 21. The molecular formula is C93H99Br3N4O24P4. The number of benzene rings is 10. The zero-order valence-corrected chi connectivity index (χ0v) is 79.2. The highest BCUT2D eigenvalue weighted by atomic mass is 79.9. The van der Waals surface area contributed by atoms with Gasteiger partial charge in [-0.15, -0.1) is 0 Å². The van der Waals surface area contributed by atoms with E-state index in [1.54, 1.807) is 74.0 Å². The minimum absolute atomic E-state index is 0.0703. The summed E-state index contributed by atoms with van der Waals surface area (Å²) in [6.45, 7) is 4.83. The number of fused-ring (bicyclic) bond motifs is 9. The van der Waals surface area contributed by atoms with Crippen molar-refractivity contribution in [1.29, 1.82) is 0 Å². The number of rotatable bonds is 32. The van der Waals surface area contributed by atoms with Crippen LogP contribution in [-0.4, -0.2) is 167 Å². The molecule has 10 aromatic carbocycles. The Bertz CT molecular complexity index is 5450. The van der Waals surface area contributed by atoms with E-state index in [1.807, 2.05) is 146 Å². The van der Waals surface area contributed by atoms with E-state index in [1.165, 1.54) is 54.3 Å². The third-order valence-electron chi connectivity index (χ3n) is 22.0. The molecule has 11 atom stereocenters. The Balaban J connectivity index is 0.000000183. The van der Waals surface area contributed by atoms with Crippen LogP contribution in [0.15, 0.2) is 243 Å². The molecule has 3 aliphatic rings. The predicted octanol–water partition coefficient (Wildman–Crippen LogP) is 18.5. The van der Waals surface area contributed by atoms with Crippen molar-refractivity contribution in [1.82, 2.24) is 16.0 Å². The Morgan fingerprint density at radius 3 is 0.844 bits per heavy atom. The van der Waals surface area contributed by atoms with Crippen molar-refractivity contribution >= 4 is 120 Å². The number of carbonyl (C=O) groups is 7. The maximum absolute atomic E-state index is 12.7. The highest BCUT2D eigenvalue weighted by Crippen LogP contribution is 2.61. The van der Waals surface area contributed by atoms with Gasteiger partial charge in [0.2, 0.25) is 22.1 Å². The molecule has 0 saturated carbocycles. The highest BCUT2D eigenvalue weighted by Gasteiger charge is 2.37. The summed E-state index contributed by atoms with van der Waals surface area (Å²) >= 11 is 9.77. The maximum Gasteiger partial charge on any atom is 0.407 e. The first-order valence-corrected chi connectivity index (χ1v) is 50.9. The summed E-state index contributed by atoms with van der Waals surface area (Å²) in [5, 5.41) is 36.4. The van der Waals surface area contributed by atoms with Gasteiger partial charge in [-0.2, -0.15) is 0 Å². The number of amides is 3. The third-order valence-corrected chi connectivity index (χ3v) is 36.1. The van der Waals surface area contributed by atoms with E-state index in [-0.39, 0.29) is 63.3 Å². The van der Waals surface area contributed by atoms with Crippen LogP contribution in [0, 0.1) is 0 Å². The molecule has 128 heavy (non-hydrogen) atoms. The molecule has 3 aliphatic carbocycles. The first-order chi connectivity index (χ1) is 60.9. The SMILES string of the molecule is COC(=O)[C@H](Cc1ccc(C(Br)P(C)(=O)OC)cc1)NC(=O)OCC1c2ccccc2-c2ccccc21.COC(=O)[C@H](Cc1ccc(C(O)P(C)(=O)OC)cc1)NC(=O)OCC1c2ccccc2-c2ccccc21.COP(C)(=O)C(Br)c1ccc(C[C@H](NC(=O)OCC2c3ccccc3-c3ccccc32)C(=O)O)cc1.N[C@@H](Cc1ccc(C(Br)P(=O)(O)O)cc1)C(=O)O. The number of carboxylic acids is 2. The third kappa shape index (κ3) is 25.8. The molecule has 13 rings (SSSR count). The number of methoxy groups -OCH3 is 2. The Labute approximate surface area is 766 Å². The van der Waals surface area contributed by atoms with Crippen molar-refractivity contribution in [3.63, 3.8) is 0 Å². The Hall–Kier alpha value is -10.0. The molecule has 0 spiro atoms. The van der Waals surface area contributed by atoms with E-state index in [2.05, 4.69) is 88.0 Å². The number of aliphatic hydroxyl groups excluding tert-OH is 1. The van der Waals surface area contributed by atoms with Crippen molar-refractivity contribution in [2.75, 3.05) is 75.4 Å². The summed E-state index contributed by atoms with van der Waals surface area (Å²) in [5.74, 6) is -5.00. The molecule has 0 heterocycles. The predicted molar refractivity (Wildman–Crippen MR) is 497 cm³/mol. The monoisotopic (exact) mass is 2020 g/mol. The van der Waals surface area contributed by atoms with Gasteiger partial charge in [-0.1, -0.05) is 290 Å². The second kappa shape index (κ2) is 45.5. The first kappa shape index (κ1) is 100. The van der Waals surface area contributed by atoms with Gasteiger partial charge in [0, 0.05) is 78.3 Å². The smallest absolute Gasteiger partial charge is 0.407 e. The largest absolute Gasteiger partial charge is 0.480 e. The summed E-state index contributed by atoms with van der Waals surface area (Å²) in [7, 11) is -6.56. The summed E-state index contributed by atoms with van der Waals surface area (Å²) in [6.07, 6.45) is -1.62. The van der Waals surface area contributed by atoms with Gasteiger partial charge in [0.25, 0.3) is 0 Å². The number of alkyl halides is 3. The van der Waals surface area contributed by atoms with E-state index in [9.17, 15) is 62.0 Å². The van der Waals surface area contributed by atoms with Crippen LogP contribution in [0.5, 0.6) is 0 Å². The number of aliphatic hydroxyl groups is 1. The normalized spacial score (nSPS) is 15.6. The van der Waals surface area contributed by atoms with E-state index in [0.29, 0.717) is 27.8 Å². The van der Waals surface area contributed by atoms with Gasteiger partial charge in [0.05, 0.1) is 14.2 Å². The van der Waals surface area contributed by atoms with E-state index in [0.717, 1.165) is 83.5 Å². The minimum Gasteiger partial charge on any atom is -0.480 e. The molecule has 0 bridgehead atoms. The van der Waals surface area contributed by atoms with Crippen molar-refractivity contribution in [3.8, 4) is 33.4 Å². The molecule has 28 nitrogen and oxygen atoms in total. The number of alkyl carbamates (subject to hydrolysis) is 3. The Morgan fingerprint density at radius 2 is 0.594 bits per heavy atom. The summed E-state index contributed by atoms with van der Waals surface area (Å²) in [4.78, 5) is 103. The number of nitrogens with one attached hydrogen (secondary N) is 3. The lowest BCUT2D eigenvalue weighted by atomic mass is 9.98. The van der Waals surface area contributed by atoms with Crippen molar-refractivity contribution < 1.29 is 114 Å². The van der Waals surface area contributed by atoms with Crippen LogP contribution < -0.4 is 21.7 Å². The Kier molecular flexibility index (Phi) is 35.6. The second-order valence-electron chi connectivity index (χ2n) is 30.4. The highest BCUT2D eigenvalue weighted by molar-refractivity contribution is 9.10. The quantitative estimate of drug-likeness (QED) is 0.00818. The van der Waals surface area contributed by atoms with Crippen LogP contribution in [-0.2, 0) is 100 Å². The number of esters is 2. The fourth-order valence-corrected chi connectivity index (χ4v) is 20.0. The lowest BCUT2D eigenvalue weighted by molar-refractivity contribution is -0.143. The first-order valence-electron chi connectivity index (χ1n) is 40.0. The zero-order valence-electron chi connectivity index (χ0n) is 70.9. The molecule has 0 saturated heterocycles. The van der Waals surface area contributed by atoms with E-state index in [4.69, 9.17) is 57.9 Å². The summed E-state index contributed by atoms with van der Waals surface area (Å²) < 4.78 is 87.9. The number of carbonyl (C=O) groups excluding carboxylic acids is 5. The molecule has 0 aromatic heterocycles. The average molecular weight is 2020 g/mol. The van der Waals surface area contributed by atoms with Crippen molar-refractivity contribution in [2.45, 2.75) is 87.2 Å². The molecule has 0 aliphatic heterocycles. The van der Waals surface area contributed by atoms with Crippen molar-refractivity contribution in [2.24, 2.45) is 5.73 Å². The van der Waals surface area contributed by atoms with Crippen LogP contribution in [0.2, 0.25) is 0 Å². The molecule has 7 unspecified atom stereocenters. The molecule has 0 fully saturated rings. The number of ether oxygens (including phenoxy) is 5. The Morgan fingerprint density at radius 1 is 0.352 bits per heavy atom. The molecular weight excluding hydrogens is 1920 g/mol. The molecule has 0 radical (unpaired) electrons. The van der Waals surface area contributed by atoms with Crippen LogP contribution in [0.4, 0.5) is 14.4 Å². The lowest BCUT2D eigenvalue weighted by Gasteiger charge is -2.20. The van der Waals surface area contributed by atoms with Gasteiger partial charge in [0.1, 0.15) is 57.7 Å². The minimum atomic E-state index is -4.24. The summed E-state index contributed by atoms with van der Waals surface area (Å²) in [5.41, 5.74) is 24.0. The van der Waals surface area contributed by atoms with Gasteiger partial charge >= 0.3 is 49.8 Å². The molecule has 676 valence electrons. The molecule has 35 heteroatoms. The van der Waals surface area contributed by atoms with Gasteiger partial charge < -0.3 is 84.0 Å². The van der Waals surface area contributed by atoms with Gasteiger partial charge in [-0.05, 0) is 118 Å². The molecule has 10 N–H and O–H groups in total. The van der Waals surface area contributed by atoms with Gasteiger partial charge in [-0.3, -0.25) is 23.1 Å².